The lowest BCUT2D eigenvalue weighted by molar-refractivity contribution is -0.117. The zero-order chi connectivity index (χ0) is 25.4. The van der Waals surface area contributed by atoms with Crippen molar-refractivity contribution in [2.75, 3.05) is 23.7 Å². The highest BCUT2D eigenvalue weighted by Gasteiger charge is 2.27. The fraction of sp³-hybridized carbons (Fsp3) is 0.346. The van der Waals surface area contributed by atoms with E-state index in [1.54, 1.807) is 29.2 Å². The van der Waals surface area contributed by atoms with Crippen LogP contribution in [-0.4, -0.2) is 60.6 Å². The minimum absolute atomic E-state index is 0.0922. The zero-order valence-corrected chi connectivity index (χ0v) is 20.9. The number of H-pyrrole nitrogens is 1. The highest BCUT2D eigenvalue weighted by atomic mass is 16.2. The summed E-state index contributed by atoms with van der Waals surface area (Å²) in [6.45, 7) is 7.42. The highest BCUT2D eigenvalue weighted by Crippen LogP contribution is 2.25. The summed E-state index contributed by atoms with van der Waals surface area (Å²) in [5.74, 6) is 0.199. The van der Waals surface area contributed by atoms with Gasteiger partial charge in [-0.15, -0.1) is 0 Å². The van der Waals surface area contributed by atoms with Gasteiger partial charge < -0.3 is 15.6 Å². The lowest BCUT2D eigenvalue weighted by Gasteiger charge is -2.20. The van der Waals surface area contributed by atoms with E-state index >= 15 is 0 Å². The second-order valence-corrected chi connectivity index (χ2v) is 9.73. The van der Waals surface area contributed by atoms with E-state index in [9.17, 15) is 9.59 Å². The summed E-state index contributed by atoms with van der Waals surface area (Å²) in [6, 6.07) is 5.86. The summed E-state index contributed by atoms with van der Waals surface area (Å²) in [4.78, 5) is 39.8. The number of hydrogen-bond donors (Lipinski definition) is 3. The van der Waals surface area contributed by atoms with Gasteiger partial charge in [-0.05, 0) is 44.4 Å². The molecule has 4 aromatic heterocycles. The number of rotatable bonds is 6. The first-order valence-corrected chi connectivity index (χ1v) is 12.0. The van der Waals surface area contributed by atoms with E-state index in [2.05, 4.69) is 49.4 Å². The number of aromatic amines is 1. The summed E-state index contributed by atoms with van der Waals surface area (Å²) in [7, 11) is 1.86. The van der Waals surface area contributed by atoms with Crippen molar-refractivity contribution in [3.8, 4) is 11.3 Å². The number of likely N-dealkylation sites (tertiary alicyclic amines) is 1. The fourth-order valence-electron chi connectivity index (χ4n) is 4.77. The molecular weight excluding hydrogens is 456 g/mol. The van der Waals surface area contributed by atoms with Gasteiger partial charge in [-0.2, -0.15) is 5.10 Å². The van der Waals surface area contributed by atoms with Gasteiger partial charge in [-0.3, -0.25) is 24.2 Å². The van der Waals surface area contributed by atoms with E-state index in [4.69, 9.17) is 0 Å². The van der Waals surface area contributed by atoms with Crippen LogP contribution in [0.15, 0.2) is 43.0 Å². The van der Waals surface area contributed by atoms with Crippen LogP contribution in [0.1, 0.15) is 36.3 Å². The first-order valence-electron chi connectivity index (χ1n) is 12.0. The molecule has 1 aliphatic rings. The van der Waals surface area contributed by atoms with Gasteiger partial charge in [0.15, 0.2) is 0 Å². The number of nitrogens with one attached hydrogen (secondary N) is 3. The average Bonchev–Trinajstić information content (AvgIpc) is 3.53. The van der Waals surface area contributed by atoms with E-state index in [0.29, 0.717) is 46.8 Å². The Kier molecular flexibility index (Phi) is 6.27. The van der Waals surface area contributed by atoms with Crippen molar-refractivity contribution in [3.63, 3.8) is 0 Å². The molecule has 1 saturated heterocycles. The van der Waals surface area contributed by atoms with Crippen molar-refractivity contribution < 1.29 is 9.59 Å². The lowest BCUT2D eigenvalue weighted by atomic mass is 10.1. The average molecular weight is 487 g/mol. The predicted octanol–water partition coefficient (Wildman–Crippen LogP) is 3.59. The fourth-order valence-corrected chi connectivity index (χ4v) is 4.77. The first-order chi connectivity index (χ1) is 17.2. The van der Waals surface area contributed by atoms with E-state index < -0.39 is 0 Å². The van der Waals surface area contributed by atoms with Crippen LogP contribution in [0, 0.1) is 12.8 Å². The standard InChI is InChI=1S/C26H30N8O2/c1-15-5-16(2)34(12-15)14-24(35)30-21-8-22(17(3)27-11-21)32-26(36)19-6-18-7-23(31-25(18)28-9-19)20-10-29-33(4)13-20/h6-11,13,15-16H,5,12,14H2,1-4H3,(H,28,31)(H,30,35)(H,32,36). The molecular formula is C26H30N8O2. The number of pyridine rings is 2. The van der Waals surface area contributed by atoms with Crippen LogP contribution in [0.5, 0.6) is 0 Å². The molecule has 36 heavy (non-hydrogen) atoms. The number of aryl methyl sites for hydroxylation is 2. The Bertz CT molecular complexity index is 1440. The molecule has 1 aliphatic heterocycles. The molecule has 0 aromatic carbocycles. The van der Waals surface area contributed by atoms with E-state index in [0.717, 1.165) is 29.6 Å². The molecule has 10 nitrogen and oxygen atoms in total. The maximum absolute atomic E-state index is 13.0. The zero-order valence-electron chi connectivity index (χ0n) is 20.9. The molecule has 2 amide bonds. The van der Waals surface area contributed by atoms with E-state index in [-0.39, 0.29) is 11.8 Å². The third-order valence-electron chi connectivity index (χ3n) is 6.63. The Morgan fingerprint density at radius 2 is 1.94 bits per heavy atom. The molecule has 0 aliphatic carbocycles. The lowest BCUT2D eigenvalue weighted by Crippen LogP contribution is -2.35. The quantitative estimate of drug-likeness (QED) is 0.383. The van der Waals surface area contributed by atoms with Crippen LogP contribution in [0.2, 0.25) is 0 Å². The molecule has 5 heterocycles. The van der Waals surface area contributed by atoms with Crippen molar-refractivity contribution in [1.82, 2.24) is 29.6 Å². The number of fused-ring (bicyclic) bond motifs is 1. The third-order valence-corrected chi connectivity index (χ3v) is 6.63. The topological polar surface area (TPSA) is 121 Å². The minimum Gasteiger partial charge on any atom is -0.339 e. The molecule has 5 rings (SSSR count). The molecule has 2 atom stereocenters. The Hall–Kier alpha value is -4.05. The molecule has 0 saturated carbocycles. The van der Waals surface area contributed by atoms with Gasteiger partial charge in [0.2, 0.25) is 5.91 Å². The smallest absolute Gasteiger partial charge is 0.257 e. The first kappa shape index (κ1) is 23.7. The van der Waals surface area contributed by atoms with Crippen LogP contribution in [0.4, 0.5) is 11.4 Å². The molecule has 1 fully saturated rings. The van der Waals surface area contributed by atoms with E-state index in [1.165, 1.54) is 6.20 Å². The Balaban J connectivity index is 1.28. The molecule has 0 radical (unpaired) electrons. The van der Waals surface area contributed by atoms with Gasteiger partial charge in [0.1, 0.15) is 5.65 Å². The summed E-state index contributed by atoms with van der Waals surface area (Å²) >= 11 is 0. The van der Waals surface area contributed by atoms with Crippen molar-refractivity contribution in [3.05, 3.63) is 54.2 Å². The maximum Gasteiger partial charge on any atom is 0.257 e. The SMILES string of the molecule is Cc1ncc(NC(=O)CN2CC(C)CC2C)cc1NC(=O)c1cnc2[nH]c(-c3cnn(C)c3)cc2c1. The molecule has 186 valence electrons. The molecule has 10 heteroatoms. The van der Waals surface area contributed by atoms with Gasteiger partial charge in [-0.1, -0.05) is 6.92 Å². The Labute approximate surface area is 209 Å². The number of aromatic nitrogens is 5. The highest BCUT2D eigenvalue weighted by molar-refractivity contribution is 6.06. The van der Waals surface area contributed by atoms with Gasteiger partial charge in [0, 0.05) is 43.0 Å². The Morgan fingerprint density at radius 1 is 1.11 bits per heavy atom. The second kappa shape index (κ2) is 9.54. The molecule has 0 bridgehead atoms. The predicted molar refractivity (Wildman–Crippen MR) is 139 cm³/mol. The van der Waals surface area contributed by atoms with Crippen LogP contribution in [-0.2, 0) is 11.8 Å². The summed E-state index contributed by atoms with van der Waals surface area (Å²) in [5.41, 5.74) is 4.66. The monoisotopic (exact) mass is 486 g/mol. The van der Waals surface area contributed by atoms with Crippen LogP contribution in [0.3, 0.4) is 0 Å². The normalized spacial score (nSPS) is 18.0. The van der Waals surface area contributed by atoms with Crippen molar-refractivity contribution in [2.24, 2.45) is 13.0 Å². The number of carbonyl (C=O) groups excluding carboxylic acids is 2. The maximum atomic E-state index is 13.0. The minimum atomic E-state index is -0.304. The Morgan fingerprint density at radius 3 is 2.67 bits per heavy atom. The summed E-state index contributed by atoms with van der Waals surface area (Å²) < 4.78 is 1.73. The molecule has 4 aromatic rings. The number of carbonyl (C=O) groups is 2. The number of hydrogen-bond acceptors (Lipinski definition) is 6. The summed E-state index contributed by atoms with van der Waals surface area (Å²) in [5, 5.41) is 10.8. The van der Waals surface area contributed by atoms with Crippen molar-refractivity contribution in [2.45, 2.75) is 33.2 Å². The van der Waals surface area contributed by atoms with Gasteiger partial charge in [0.25, 0.3) is 5.91 Å². The third kappa shape index (κ3) is 4.99. The van der Waals surface area contributed by atoms with Crippen LogP contribution < -0.4 is 10.6 Å². The van der Waals surface area contributed by atoms with Crippen LogP contribution in [0.25, 0.3) is 22.3 Å². The van der Waals surface area contributed by atoms with E-state index in [1.807, 2.05) is 26.2 Å². The van der Waals surface area contributed by atoms with Crippen molar-refractivity contribution in [1.29, 1.82) is 0 Å². The molecule has 0 spiro atoms. The van der Waals surface area contributed by atoms with Gasteiger partial charge in [0.05, 0.1) is 47.3 Å². The van der Waals surface area contributed by atoms with Gasteiger partial charge in [-0.25, -0.2) is 4.98 Å². The van der Waals surface area contributed by atoms with Crippen LogP contribution >= 0.6 is 0 Å². The summed E-state index contributed by atoms with van der Waals surface area (Å²) in [6.07, 6.45) is 7.92. The van der Waals surface area contributed by atoms with Crippen molar-refractivity contribution >= 4 is 34.2 Å². The molecule has 2 unspecified atom stereocenters. The number of amides is 2. The largest absolute Gasteiger partial charge is 0.339 e. The van der Waals surface area contributed by atoms with Gasteiger partial charge >= 0.3 is 0 Å². The number of nitrogens with zero attached hydrogens (tertiary/aromatic N) is 5. The number of anilines is 2. The second-order valence-electron chi connectivity index (χ2n) is 9.73. The molecule has 3 N–H and O–H groups in total.